The Labute approximate surface area is 179 Å². The van der Waals surface area contributed by atoms with E-state index in [2.05, 4.69) is 22.0 Å². The first-order valence-electron chi connectivity index (χ1n) is 9.33. The highest BCUT2D eigenvalue weighted by molar-refractivity contribution is 9.10. The third kappa shape index (κ3) is 4.85. The van der Waals surface area contributed by atoms with E-state index in [-0.39, 0.29) is 35.5 Å². The first-order valence-corrected chi connectivity index (χ1v) is 10.1. The van der Waals surface area contributed by atoms with Crippen LogP contribution in [-0.2, 0) is 14.3 Å². The number of hydrogen-bond donors (Lipinski definition) is 1. The van der Waals surface area contributed by atoms with Crippen LogP contribution in [0.2, 0.25) is 0 Å². The van der Waals surface area contributed by atoms with Crippen LogP contribution in [0.4, 0.5) is 0 Å². The van der Waals surface area contributed by atoms with Crippen molar-refractivity contribution < 1.29 is 23.7 Å². The fourth-order valence-corrected chi connectivity index (χ4v) is 3.60. The van der Waals surface area contributed by atoms with Gasteiger partial charge in [-0.15, -0.1) is 0 Å². The molecule has 0 saturated carbocycles. The van der Waals surface area contributed by atoms with Gasteiger partial charge in [-0.25, -0.2) is 4.79 Å². The third-order valence-corrected chi connectivity index (χ3v) is 4.82. The van der Waals surface area contributed by atoms with Crippen LogP contribution < -0.4 is 15.2 Å². The molecule has 1 unspecified atom stereocenters. The van der Waals surface area contributed by atoms with Crippen LogP contribution in [0.15, 0.2) is 39.4 Å². The fourth-order valence-electron chi connectivity index (χ4n) is 3.05. The Balaban J connectivity index is 2.71. The summed E-state index contributed by atoms with van der Waals surface area (Å²) in [5, 5.41) is 9.73. The number of carbonyl (C=O) groups is 1. The van der Waals surface area contributed by atoms with Gasteiger partial charge in [-0.3, -0.25) is 0 Å². The molecule has 1 aliphatic rings. The highest BCUT2D eigenvalue weighted by Gasteiger charge is 2.38. The summed E-state index contributed by atoms with van der Waals surface area (Å²) in [5.41, 5.74) is 6.93. The molecule has 0 aromatic heterocycles. The van der Waals surface area contributed by atoms with Crippen molar-refractivity contribution >= 4 is 21.9 Å². The molecule has 0 bridgehead atoms. The lowest BCUT2D eigenvalue weighted by Crippen LogP contribution is -2.26. The number of nitrogens with two attached hydrogens (primary N) is 1. The maximum absolute atomic E-state index is 12.7. The van der Waals surface area contributed by atoms with Crippen molar-refractivity contribution in [2.45, 2.75) is 46.6 Å². The van der Waals surface area contributed by atoms with Crippen LogP contribution in [0.1, 0.15) is 46.1 Å². The topological polar surface area (TPSA) is 104 Å². The zero-order valence-electron chi connectivity index (χ0n) is 17.2. The summed E-state index contributed by atoms with van der Waals surface area (Å²) in [7, 11) is 0. The molecular formula is C21H25BrN2O5. The van der Waals surface area contributed by atoms with E-state index in [1.54, 1.807) is 26.0 Å². The lowest BCUT2D eigenvalue weighted by Gasteiger charge is -2.28. The normalized spacial score (nSPS) is 16.4. The van der Waals surface area contributed by atoms with E-state index in [1.165, 1.54) is 0 Å². The minimum absolute atomic E-state index is 0.0459. The summed E-state index contributed by atoms with van der Waals surface area (Å²) in [6.45, 7) is 9.64. The minimum atomic E-state index is -0.769. The van der Waals surface area contributed by atoms with Crippen LogP contribution >= 0.6 is 15.9 Å². The standard InChI is InChI=1S/C21H25BrN2O5/c1-6-26-16-8-13(15(22)9-17(16)28-11(3)4)19-14(10-23)20(24)29-12(5)18(19)21(25)27-7-2/h8-9,11,19H,6-7,24H2,1-5H3. The summed E-state index contributed by atoms with van der Waals surface area (Å²) >= 11 is 3.55. The molecule has 1 aromatic carbocycles. The molecule has 1 aromatic rings. The average Bonchev–Trinajstić information content (AvgIpc) is 2.63. The largest absolute Gasteiger partial charge is 0.490 e. The molecule has 156 valence electrons. The molecule has 1 atom stereocenters. The summed E-state index contributed by atoms with van der Waals surface area (Å²) < 4.78 is 22.9. The van der Waals surface area contributed by atoms with E-state index in [1.807, 2.05) is 20.8 Å². The van der Waals surface area contributed by atoms with Crippen LogP contribution in [0, 0.1) is 11.3 Å². The summed E-state index contributed by atoms with van der Waals surface area (Å²) in [6, 6.07) is 5.58. The number of nitriles is 1. The van der Waals surface area contributed by atoms with Crippen molar-refractivity contribution in [3.8, 4) is 17.6 Å². The first-order chi connectivity index (χ1) is 13.7. The van der Waals surface area contributed by atoms with E-state index in [0.717, 1.165) is 0 Å². The lowest BCUT2D eigenvalue weighted by atomic mass is 9.83. The molecule has 0 amide bonds. The molecule has 8 heteroatoms. The molecule has 1 aliphatic heterocycles. The predicted molar refractivity (Wildman–Crippen MR) is 111 cm³/mol. The van der Waals surface area contributed by atoms with Crippen LogP contribution in [-0.4, -0.2) is 25.3 Å². The fraction of sp³-hybridized carbons (Fsp3) is 0.429. The van der Waals surface area contributed by atoms with Crippen molar-refractivity contribution in [2.24, 2.45) is 5.73 Å². The van der Waals surface area contributed by atoms with E-state index in [0.29, 0.717) is 28.1 Å². The van der Waals surface area contributed by atoms with E-state index in [4.69, 9.17) is 24.7 Å². The van der Waals surface area contributed by atoms with Gasteiger partial charge >= 0.3 is 5.97 Å². The third-order valence-electron chi connectivity index (χ3n) is 4.14. The Kier molecular flexibility index (Phi) is 7.57. The molecule has 0 radical (unpaired) electrons. The van der Waals surface area contributed by atoms with Crippen molar-refractivity contribution in [3.63, 3.8) is 0 Å². The number of esters is 1. The second-order valence-corrected chi connectivity index (χ2v) is 7.39. The van der Waals surface area contributed by atoms with Crippen LogP contribution in [0.25, 0.3) is 0 Å². The van der Waals surface area contributed by atoms with Gasteiger partial charge in [0.1, 0.15) is 17.4 Å². The van der Waals surface area contributed by atoms with Gasteiger partial charge in [-0.1, -0.05) is 15.9 Å². The smallest absolute Gasteiger partial charge is 0.338 e. The number of allylic oxidation sites excluding steroid dienone is 2. The Morgan fingerprint density at radius 1 is 1.31 bits per heavy atom. The lowest BCUT2D eigenvalue weighted by molar-refractivity contribution is -0.139. The van der Waals surface area contributed by atoms with Gasteiger partial charge in [-0.2, -0.15) is 5.26 Å². The van der Waals surface area contributed by atoms with Crippen LogP contribution in [0.5, 0.6) is 11.5 Å². The minimum Gasteiger partial charge on any atom is -0.490 e. The van der Waals surface area contributed by atoms with Crippen molar-refractivity contribution in [1.82, 2.24) is 0 Å². The Morgan fingerprint density at radius 2 is 2.00 bits per heavy atom. The van der Waals surface area contributed by atoms with Gasteiger partial charge < -0.3 is 24.7 Å². The van der Waals surface area contributed by atoms with Gasteiger partial charge in [0.25, 0.3) is 0 Å². The quantitative estimate of drug-likeness (QED) is 0.600. The summed E-state index contributed by atoms with van der Waals surface area (Å²) in [4.78, 5) is 12.7. The zero-order valence-corrected chi connectivity index (χ0v) is 18.8. The molecule has 7 nitrogen and oxygen atoms in total. The molecule has 0 fully saturated rings. The number of ether oxygens (including phenoxy) is 4. The molecular weight excluding hydrogens is 440 g/mol. The number of rotatable bonds is 7. The number of carbonyl (C=O) groups excluding carboxylic acids is 1. The Bertz CT molecular complexity index is 899. The average molecular weight is 465 g/mol. The van der Waals surface area contributed by atoms with Gasteiger partial charge in [-0.05, 0) is 52.3 Å². The highest BCUT2D eigenvalue weighted by atomic mass is 79.9. The van der Waals surface area contributed by atoms with Crippen molar-refractivity contribution in [1.29, 1.82) is 5.26 Å². The molecule has 2 rings (SSSR count). The molecule has 29 heavy (non-hydrogen) atoms. The number of benzene rings is 1. The Hall–Kier alpha value is -2.66. The second-order valence-electron chi connectivity index (χ2n) is 6.54. The van der Waals surface area contributed by atoms with Gasteiger partial charge in [0.05, 0.1) is 30.8 Å². The maximum Gasteiger partial charge on any atom is 0.338 e. The molecule has 2 N–H and O–H groups in total. The SMILES string of the molecule is CCOC(=O)C1=C(C)OC(N)=C(C#N)C1c1cc(OCC)c(OC(C)C)cc1Br. The monoisotopic (exact) mass is 464 g/mol. The number of hydrogen-bond acceptors (Lipinski definition) is 7. The van der Waals surface area contributed by atoms with Crippen molar-refractivity contribution in [2.75, 3.05) is 13.2 Å². The van der Waals surface area contributed by atoms with E-state index in [9.17, 15) is 10.1 Å². The zero-order chi connectivity index (χ0) is 21.7. The first kappa shape index (κ1) is 22.6. The number of halogens is 1. The molecule has 1 heterocycles. The van der Waals surface area contributed by atoms with Gasteiger partial charge in [0.2, 0.25) is 5.88 Å². The number of nitrogens with zero attached hydrogens (tertiary/aromatic N) is 1. The van der Waals surface area contributed by atoms with Gasteiger partial charge in [0.15, 0.2) is 11.5 Å². The molecule has 0 aliphatic carbocycles. The van der Waals surface area contributed by atoms with E-state index >= 15 is 0 Å². The predicted octanol–water partition coefficient (Wildman–Crippen LogP) is 4.28. The second kappa shape index (κ2) is 9.70. The maximum atomic E-state index is 12.7. The van der Waals surface area contributed by atoms with Gasteiger partial charge in [0, 0.05) is 4.47 Å². The summed E-state index contributed by atoms with van der Waals surface area (Å²) in [6.07, 6.45) is -0.0579. The van der Waals surface area contributed by atoms with E-state index < -0.39 is 11.9 Å². The van der Waals surface area contributed by atoms with Crippen LogP contribution in [0.3, 0.4) is 0 Å². The highest BCUT2D eigenvalue weighted by Crippen LogP contribution is 2.45. The molecule has 0 saturated heterocycles. The molecule has 0 spiro atoms. The Morgan fingerprint density at radius 3 is 2.55 bits per heavy atom. The van der Waals surface area contributed by atoms with Crippen molar-refractivity contribution in [3.05, 3.63) is 45.0 Å². The summed E-state index contributed by atoms with van der Waals surface area (Å²) in [5.74, 6) is -0.0363.